The highest BCUT2D eigenvalue weighted by Crippen LogP contribution is 2.18. The fourth-order valence-corrected chi connectivity index (χ4v) is 3.58. The smallest absolute Gasteiger partial charge is 0.233 e. The van der Waals surface area contributed by atoms with E-state index in [9.17, 15) is 28.8 Å². The number of carbonyl (C=O) groups excluding carboxylic acids is 6. The molecule has 174 valence electrons. The van der Waals surface area contributed by atoms with Crippen molar-refractivity contribution >= 4 is 34.7 Å². The first kappa shape index (κ1) is 24.0. The van der Waals surface area contributed by atoms with Gasteiger partial charge in [0.05, 0.1) is 0 Å². The molecule has 0 bridgehead atoms. The Morgan fingerprint density at radius 3 is 0.694 bits per heavy atom. The molecule has 0 aromatic heterocycles. The van der Waals surface area contributed by atoms with Gasteiger partial charge in [0.15, 0.2) is 0 Å². The summed E-state index contributed by atoms with van der Waals surface area (Å²) in [7, 11) is 0. The van der Waals surface area contributed by atoms with E-state index >= 15 is 0 Å². The first-order valence-corrected chi connectivity index (χ1v) is 10.9. The lowest BCUT2D eigenvalue weighted by Crippen LogP contribution is -2.21. The van der Waals surface area contributed by atoms with Crippen LogP contribution in [0.1, 0.15) is 62.1 Å². The molecule has 0 fully saturated rings. The molecule has 4 rings (SSSR count). The second-order valence-corrected chi connectivity index (χ2v) is 7.87. The monoisotopic (exact) mass is 474 g/mol. The van der Waals surface area contributed by atoms with Crippen LogP contribution in [0.5, 0.6) is 0 Å². The van der Waals surface area contributed by atoms with Crippen LogP contribution in [-0.2, 0) is 0 Å². The molecular weight excluding hydrogens is 456 g/mol. The zero-order valence-corrected chi connectivity index (χ0v) is 18.8. The number of hydrogen-bond acceptors (Lipinski definition) is 6. The lowest BCUT2D eigenvalue weighted by Gasteiger charge is -2.08. The number of ketones is 6. The summed E-state index contributed by atoms with van der Waals surface area (Å²) < 4.78 is 0. The van der Waals surface area contributed by atoms with Crippen LogP contribution < -0.4 is 0 Å². The molecule has 0 atom stereocenters. The minimum absolute atomic E-state index is 0.118. The van der Waals surface area contributed by atoms with E-state index in [4.69, 9.17) is 0 Å². The first-order valence-electron chi connectivity index (χ1n) is 10.9. The molecule has 0 aliphatic heterocycles. The third kappa shape index (κ3) is 5.03. The minimum Gasteiger partial charge on any atom is -0.285 e. The van der Waals surface area contributed by atoms with Crippen molar-refractivity contribution in [3.05, 3.63) is 143 Å². The number of rotatable bonds is 9. The van der Waals surface area contributed by atoms with E-state index in [1.807, 2.05) is 0 Å². The zero-order valence-electron chi connectivity index (χ0n) is 18.8. The second kappa shape index (κ2) is 10.4. The van der Waals surface area contributed by atoms with Crippen LogP contribution in [0.2, 0.25) is 0 Å². The normalized spacial score (nSPS) is 10.3. The van der Waals surface area contributed by atoms with Crippen molar-refractivity contribution in [2.24, 2.45) is 0 Å². The van der Waals surface area contributed by atoms with E-state index in [-0.39, 0.29) is 33.4 Å². The molecule has 0 saturated heterocycles. The first-order chi connectivity index (χ1) is 17.4. The molecule has 0 N–H and O–H groups in total. The van der Waals surface area contributed by atoms with Crippen molar-refractivity contribution < 1.29 is 28.8 Å². The van der Waals surface area contributed by atoms with Gasteiger partial charge in [-0.05, 0) is 18.2 Å². The average molecular weight is 474 g/mol. The summed E-state index contributed by atoms with van der Waals surface area (Å²) in [6.45, 7) is 0. The van der Waals surface area contributed by atoms with Crippen LogP contribution in [0.3, 0.4) is 0 Å². The van der Waals surface area contributed by atoms with Gasteiger partial charge >= 0.3 is 0 Å². The van der Waals surface area contributed by atoms with Crippen LogP contribution in [0.4, 0.5) is 0 Å². The van der Waals surface area contributed by atoms with Gasteiger partial charge in [0, 0.05) is 33.4 Å². The highest BCUT2D eigenvalue weighted by Gasteiger charge is 2.27. The van der Waals surface area contributed by atoms with Crippen LogP contribution >= 0.6 is 0 Å². The maximum atomic E-state index is 13.0. The van der Waals surface area contributed by atoms with E-state index < -0.39 is 34.7 Å². The Bertz CT molecular complexity index is 1310. The van der Waals surface area contributed by atoms with Gasteiger partial charge in [-0.1, -0.05) is 91.0 Å². The molecule has 0 aliphatic carbocycles. The van der Waals surface area contributed by atoms with Crippen molar-refractivity contribution in [1.82, 2.24) is 0 Å². The summed E-state index contributed by atoms with van der Waals surface area (Å²) in [6, 6.07) is 26.6. The summed E-state index contributed by atoms with van der Waals surface area (Å²) in [4.78, 5) is 77.4. The maximum absolute atomic E-state index is 13.0. The van der Waals surface area contributed by atoms with Crippen LogP contribution in [0, 0.1) is 0 Å². The van der Waals surface area contributed by atoms with E-state index in [2.05, 4.69) is 0 Å². The van der Waals surface area contributed by atoms with Crippen molar-refractivity contribution in [2.45, 2.75) is 0 Å². The molecule has 0 saturated carbocycles. The van der Waals surface area contributed by atoms with Gasteiger partial charge in [-0.15, -0.1) is 0 Å². The summed E-state index contributed by atoms with van der Waals surface area (Å²) >= 11 is 0. The molecular formula is C30H18O6. The molecule has 0 heterocycles. The summed E-state index contributed by atoms with van der Waals surface area (Å²) in [5, 5.41) is 0. The molecule has 4 aromatic rings. The zero-order chi connectivity index (χ0) is 25.7. The fourth-order valence-electron chi connectivity index (χ4n) is 3.58. The lowest BCUT2D eigenvalue weighted by molar-refractivity contribution is 0.0808. The quantitative estimate of drug-likeness (QED) is 0.253. The van der Waals surface area contributed by atoms with Crippen molar-refractivity contribution in [3.63, 3.8) is 0 Å². The van der Waals surface area contributed by atoms with Crippen LogP contribution in [0.25, 0.3) is 0 Å². The SMILES string of the molecule is O=C(C(=O)c1cc(C(=O)C(=O)c2ccccc2)cc(C(=O)C(=O)c2ccccc2)c1)c1ccccc1. The summed E-state index contributed by atoms with van der Waals surface area (Å²) in [5.41, 5.74) is -0.479. The van der Waals surface area contributed by atoms with Gasteiger partial charge in [0.2, 0.25) is 34.7 Å². The Hall–Kier alpha value is -5.10. The number of hydrogen-bond donors (Lipinski definition) is 0. The molecule has 36 heavy (non-hydrogen) atoms. The lowest BCUT2D eigenvalue weighted by atomic mass is 9.91. The van der Waals surface area contributed by atoms with Gasteiger partial charge in [0.1, 0.15) is 0 Å². The highest BCUT2D eigenvalue weighted by atomic mass is 16.2. The number of Topliss-reactive ketones (excluding diaryl/α,β-unsaturated/α-hetero) is 6. The molecule has 0 aliphatic rings. The van der Waals surface area contributed by atoms with Gasteiger partial charge in [0.25, 0.3) is 0 Å². The average Bonchev–Trinajstić information content (AvgIpc) is 2.95. The molecule has 6 heteroatoms. The number of benzene rings is 4. The molecule has 0 spiro atoms. The third-order valence-electron chi connectivity index (χ3n) is 5.45. The molecule has 0 unspecified atom stereocenters. The van der Waals surface area contributed by atoms with Gasteiger partial charge in [-0.3, -0.25) is 28.8 Å². The molecule has 6 nitrogen and oxygen atoms in total. The van der Waals surface area contributed by atoms with Crippen molar-refractivity contribution in [2.75, 3.05) is 0 Å². The molecule has 4 aromatic carbocycles. The largest absolute Gasteiger partial charge is 0.285 e. The highest BCUT2D eigenvalue weighted by molar-refractivity contribution is 6.53. The van der Waals surface area contributed by atoms with Crippen LogP contribution in [-0.4, -0.2) is 34.7 Å². The molecule has 0 radical (unpaired) electrons. The van der Waals surface area contributed by atoms with E-state index in [1.165, 1.54) is 36.4 Å². The second-order valence-electron chi connectivity index (χ2n) is 7.87. The summed E-state index contributed by atoms with van der Waals surface area (Å²) in [6.07, 6.45) is 0. The number of carbonyl (C=O) groups is 6. The topological polar surface area (TPSA) is 102 Å². The van der Waals surface area contributed by atoms with Crippen LogP contribution in [0.15, 0.2) is 109 Å². The fraction of sp³-hybridized carbons (Fsp3) is 0. The van der Waals surface area contributed by atoms with E-state index in [1.54, 1.807) is 54.6 Å². The van der Waals surface area contributed by atoms with Crippen molar-refractivity contribution in [3.8, 4) is 0 Å². The summed E-state index contributed by atoms with van der Waals surface area (Å²) in [5.74, 6) is -5.52. The Kier molecular flexibility index (Phi) is 6.97. The predicted octanol–water partition coefficient (Wildman–Crippen LogP) is 4.88. The van der Waals surface area contributed by atoms with E-state index in [0.717, 1.165) is 18.2 Å². The Labute approximate surface area is 206 Å². The van der Waals surface area contributed by atoms with Crippen molar-refractivity contribution in [1.29, 1.82) is 0 Å². The third-order valence-corrected chi connectivity index (χ3v) is 5.45. The Balaban J connectivity index is 1.78. The van der Waals surface area contributed by atoms with Gasteiger partial charge in [-0.2, -0.15) is 0 Å². The Morgan fingerprint density at radius 1 is 0.278 bits per heavy atom. The van der Waals surface area contributed by atoms with E-state index in [0.29, 0.717) is 0 Å². The Morgan fingerprint density at radius 2 is 0.472 bits per heavy atom. The van der Waals surface area contributed by atoms with Gasteiger partial charge < -0.3 is 0 Å². The minimum atomic E-state index is -0.982. The predicted molar refractivity (Wildman–Crippen MR) is 132 cm³/mol. The molecule has 0 amide bonds. The van der Waals surface area contributed by atoms with Gasteiger partial charge in [-0.25, -0.2) is 0 Å². The maximum Gasteiger partial charge on any atom is 0.233 e. The standard InChI is InChI=1S/C30H18O6/c31-25(19-10-4-1-5-11-19)28(34)22-16-23(29(35)26(32)20-12-6-2-7-13-20)18-24(17-22)30(36)27(33)21-14-8-3-9-15-21/h1-18H.